The Kier molecular flexibility index (Phi) is 10.8. The highest BCUT2D eigenvalue weighted by molar-refractivity contribution is 7.92. The molecule has 0 saturated carbocycles. The van der Waals surface area contributed by atoms with Crippen LogP contribution in [0.1, 0.15) is 26.3 Å². The molecule has 0 aliphatic heterocycles. The highest BCUT2D eigenvalue weighted by Crippen LogP contribution is 2.28. The lowest BCUT2D eigenvalue weighted by Gasteiger charge is -2.32. The van der Waals surface area contributed by atoms with Gasteiger partial charge in [0, 0.05) is 23.1 Å². The molecule has 0 saturated heterocycles. The third-order valence-corrected chi connectivity index (χ3v) is 8.37. The fourth-order valence-electron chi connectivity index (χ4n) is 3.88. The molecule has 214 valence electrons. The lowest BCUT2D eigenvalue weighted by Crippen LogP contribution is -2.51. The highest BCUT2D eigenvalue weighted by atomic mass is 35.5. The topological polar surface area (TPSA) is 96.0 Å². The van der Waals surface area contributed by atoms with Gasteiger partial charge in [-0.05, 0) is 87.0 Å². The lowest BCUT2D eigenvalue weighted by molar-refractivity contribution is -0.139. The van der Waals surface area contributed by atoms with E-state index in [9.17, 15) is 22.4 Å². The number of benzene rings is 3. The largest absolute Gasteiger partial charge is 0.494 e. The average molecular weight is 611 g/mol. The van der Waals surface area contributed by atoms with E-state index in [0.717, 1.165) is 28.6 Å². The van der Waals surface area contributed by atoms with E-state index in [4.69, 9.17) is 27.9 Å². The van der Waals surface area contributed by atoms with Gasteiger partial charge >= 0.3 is 0 Å². The van der Waals surface area contributed by atoms with Gasteiger partial charge in [-0.2, -0.15) is 0 Å². The number of halogens is 3. The van der Waals surface area contributed by atoms with E-state index in [-0.39, 0.29) is 22.2 Å². The summed E-state index contributed by atoms with van der Waals surface area (Å²) in [7, 11) is -4.33. The number of sulfonamides is 1. The molecule has 0 bridgehead atoms. The third kappa shape index (κ3) is 7.65. The van der Waals surface area contributed by atoms with Crippen molar-refractivity contribution in [1.82, 2.24) is 10.2 Å². The minimum atomic E-state index is -4.33. The number of hydrogen-bond donors (Lipinski definition) is 1. The van der Waals surface area contributed by atoms with Crippen molar-refractivity contribution in [2.45, 2.75) is 38.3 Å². The molecule has 3 aromatic carbocycles. The first kappa shape index (κ1) is 31.2. The van der Waals surface area contributed by atoms with Crippen LogP contribution in [0.25, 0.3) is 0 Å². The molecule has 8 nitrogen and oxygen atoms in total. The maximum Gasteiger partial charge on any atom is 0.264 e. The van der Waals surface area contributed by atoms with E-state index in [1.165, 1.54) is 23.1 Å². The zero-order valence-corrected chi connectivity index (χ0v) is 24.6. The molecule has 0 unspecified atom stereocenters. The first-order chi connectivity index (χ1) is 19.0. The Morgan fingerprint density at radius 3 is 2.23 bits per heavy atom. The quantitative estimate of drug-likeness (QED) is 0.301. The average Bonchev–Trinajstić information content (AvgIpc) is 2.92. The number of nitrogens with one attached hydrogen (secondary N) is 1. The SMILES string of the molecule is CCNC(=O)[C@@H](C)N(Cc1ccc(Cl)cc1Cl)C(=O)CN(c1ccc(OCC)cc1)S(=O)(=O)c1ccc(F)cc1. The Balaban J connectivity index is 2.05. The van der Waals surface area contributed by atoms with Crippen LogP contribution < -0.4 is 14.4 Å². The molecule has 0 heterocycles. The molecule has 40 heavy (non-hydrogen) atoms. The van der Waals surface area contributed by atoms with Crippen LogP contribution in [0, 0.1) is 5.82 Å². The van der Waals surface area contributed by atoms with Crippen LogP contribution in [0.2, 0.25) is 10.0 Å². The molecule has 2 amide bonds. The van der Waals surface area contributed by atoms with Crippen molar-refractivity contribution in [2.24, 2.45) is 0 Å². The van der Waals surface area contributed by atoms with Gasteiger partial charge in [-0.15, -0.1) is 0 Å². The number of nitrogens with zero attached hydrogens (tertiary/aromatic N) is 2. The van der Waals surface area contributed by atoms with Crippen LogP contribution in [0.4, 0.5) is 10.1 Å². The molecule has 0 radical (unpaired) electrons. The van der Waals surface area contributed by atoms with E-state index in [1.54, 1.807) is 38.1 Å². The van der Waals surface area contributed by atoms with Gasteiger partial charge in [0.2, 0.25) is 11.8 Å². The fraction of sp³-hybridized carbons (Fsp3) is 0.286. The summed E-state index contributed by atoms with van der Waals surface area (Å²) < 4.78 is 47.5. The van der Waals surface area contributed by atoms with Gasteiger partial charge in [0.15, 0.2) is 0 Å². The number of anilines is 1. The summed E-state index contributed by atoms with van der Waals surface area (Å²) >= 11 is 12.4. The van der Waals surface area contributed by atoms with Crippen LogP contribution >= 0.6 is 23.2 Å². The number of hydrogen-bond acceptors (Lipinski definition) is 5. The first-order valence-electron chi connectivity index (χ1n) is 12.5. The minimum absolute atomic E-state index is 0.0825. The second-order valence-electron chi connectivity index (χ2n) is 8.72. The number of amides is 2. The summed E-state index contributed by atoms with van der Waals surface area (Å²) in [4.78, 5) is 27.7. The molecule has 0 aliphatic carbocycles. The Morgan fingerprint density at radius 2 is 1.65 bits per heavy atom. The Labute approximate surface area is 243 Å². The summed E-state index contributed by atoms with van der Waals surface area (Å²) in [5, 5.41) is 3.37. The second kappa shape index (κ2) is 13.8. The minimum Gasteiger partial charge on any atom is -0.494 e. The second-order valence-corrected chi connectivity index (χ2v) is 11.4. The maximum absolute atomic E-state index is 13.8. The number of carbonyl (C=O) groups is 2. The Hall–Kier alpha value is -3.34. The van der Waals surface area contributed by atoms with E-state index in [2.05, 4.69) is 5.32 Å². The summed E-state index contributed by atoms with van der Waals surface area (Å²) in [5.74, 6) is -1.18. The van der Waals surface area contributed by atoms with E-state index >= 15 is 0 Å². The van der Waals surface area contributed by atoms with Crippen molar-refractivity contribution >= 4 is 50.7 Å². The van der Waals surface area contributed by atoms with Crippen molar-refractivity contribution in [3.05, 3.63) is 88.2 Å². The van der Waals surface area contributed by atoms with Crippen molar-refractivity contribution in [1.29, 1.82) is 0 Å². The molecular weight excluding hydrogens is 580 g/mol. The summed E-state index contributed by atoms with van der Waals surface area (Å²) in [5.41, 5.74) is 0.695. The van der Waals surface area contributed by atoms with Gasteiger partial charge in [-0.25, -0.2) is 12.8 Å². The monoisotopic (exact) mass is 609 g/mol. The standard InChI is InChI=1S/C28H30Cl2FN3O5S/c1-4-32-28(36)19(3)33(17-20-6-7-21(29)16-26(20)30)27(35)18-34(23-10-12-24(13-11-23)39-5-2)40(37,38)25-14-8-22(31)9-15-25/h6-16,19H,4-5,17-18H2,1-3H3,(H,32,36)/t19-/m1/s1. The predicted octanol–water partition coefficient (Wildman–Crippen LogP) is 5.28. The van der Waals surface area contributed by atoms with Crippen molar-refractivity contribution < 1.29 is 27.1 Å². The summed E-state index contributed by atoms with van der Waals surface area (Å²) in [6.45, 7) is 5.12. The Bertz CT molecular complexity index is 1440. The first-order valence-corrected chi connectivity index (χ1v) is 14.7. The van der Waals surface area contributed by atoms with Gasteiger partial charge in [-0.1, -0.05) is 29.3 Å². The summed E-state index contributed by atoms with van der Waals surface area (Å²) in [6, 6.07) is 14.3. The molecule has 3 aromatic rings. The van der Waals surface area contributed by atoms with Gasteiger partial charge in [0.25, 0.3) is 10.0 Å². The van der Waals surface area contributed by atoms with Gasteiger partial charge < -0.3 is 15.0 Å². The van der Waals surface area contributed by atoms with Crippen LogP contribution in [0.15, 0.2) is 71.6 Å². The summed E-state index contributed by atoms with van der Waals surface area (Å²) in [6.07, 6.45) is 0. The number of likely N-dealkylation sites (N-methyl/N-ethyl adjacent to an activating group) is 1. The molecule has 0 aliphatic rings. The van der Waals surface area contributed by atoms with Crippen LogP contribution in [-0.4, -0.2) is 50.9 Å². The van der Waals surface area contributed by atoms with E-state index in [1.807, 2.05) is 6.92 Å². The van der Waals surface area contributed by atoms with E-state index < -0.39 is 40.2 Å². The van der Waals surface area contributed by atoms with Gasteiger partial charge in [0.1, 0.15) is 24.2 Å². The van der Waals surface area contributed by atoms with Gasteiger partial charge in [0.05, 0.1) is 17.2 Å². The highest BCUT2D eigenvalue weighted by Gasteiger charge is 2.32. The molecule has 0 aromatic heterocycles. The maximum atomic E-state index is 13.8. The lowest BCUT2D eigenvalue weighted by atomic mass is 10.1. The molecular formula is C28H30Cl2FN3O5S. The smallest absolute Gasteiger partial charge is 0.264 e. The third-order valence-electron chi connectivity index (χ3n) is 5.99. The Morgan fingerprint density at radius 1 is 1.00 bits per heavy atom. The molecule has 3 rings (SSSR count). The fourth-order valence-corrected chi connectivity index (χ4v) is 5.76. The van der Waals surface area contributed by atoms with Crippen molar-refractivity contribution in [2.75, 3.05) is 24.0 Å². The van der Waals surface area contributed by atoms with Crippen molar-refractivity contribution in [3.8, 4) is 5.75 Å². The predicted molar refractivity (Wildman–Crippen MR) is 154 cm³/mol. The van der Waals surface area contributed by atoms with Gasteiger partial charge in [-0.3, -0.25) is 13.9 Å². The molecule has 0 spiro atoms. The molecule has 12 heteroatoms. The van der Waals surface area contributed by atoms with Crippen molar-refractivity contribution in [3.63, 3.8) is 0 Å². The normalized spacial score (nSPS) is 11.9. The van der Waals surface area contributed by atoms with Crippen LogP contribution in [-0.2, 0) is 26.2 Å². The van der Waals surface area contributed by atoms with E-state index in [0.29, 0.717) is 29.5 Å². The van der Waals surface area contributed by atoms with Crippen LogP contribution in [0.3, 0.4) is 0 Å². The zero-order valence-electron chi connectivity index (χ0n) is 22.2. The van der Waals surface area contributed by atoms with Crippen LogP contribution in [0.5, 0.6) is 5.75 Å². The molecule has 1 N–H and O–H groups in total. The number of rotatable bonds is 12. The number of ether oxygens (including phenoxy) is 1. The molecule has 1 atom stereocenters. The zero-order chi connectivity index (χ0) is 29.4. The molecule has 0 fully saturated rings. The number of carbonyl (C=O) groups excluding carboxylic acids is 2.